The molecule has 2 N–H and O–H groups in total. The molecule has 1 unspecified atom stereocenters. The number of hydrogen-bond acceptors (Lipinski definition) is 3. The molecule has 20 heavy (non-hydrogen) atoms. The van der Waals surface area contributed by atoms with Crippen LogP contribution in [0.2, 0.25) is 0 Å². The molecule has 1 amide bonds. The van der Waals surface area contributed by atoms with Gasteiger partial charge in [-0.1, -0.05) is 37.5 Å². The van der Waals surface area contributed by atoms with Crippen LogP contribution in [0.3, 0.4) is 0 Å². The minimum absolute atomic E-state index is 0.00772. The molecule has 2 aliphatic rings. The summed E-state index contributed by atoms with van der Waals surface area (Å²) in [5, 5.41) is 13.3. The lowest BCUT2D eigenvalue weighted by molar-refractivity contribution is -0.141. The summed E-state index contributed by atoms with van der Waals surface area (Å²) in [6.45, 7) is 0. The van der Waals surface area contributed by atoms with Crippen LogP contribution in [0.4, 0.5) is 5.69 Å². The van der Waals surface area contributed by atoms with Crippen LogP contribution in [0.15, 0.2) is 24.3 Å². The Morgan fingerprint density at radius 1 is 1.25 bits per heavy atom. The average Bonchev–Trinajstić information content (AvgIpc) is 2.72. The summed E-state index contributed by atoms with van der Waals surface area (Å²) in [5.41, 5.74) is -0.559. The van der Waals surface area contributed by atoms with Gasteiger partial charge in [-0.05, 0) is 18.9 Å². The number of rotatable bonds is 3. The van der Waals surface area contributed by atoms with Crippen LogP contribution in [-0.4, -0.2) is 16.8 Å². The Hall–Kier alpha value is -1.68. The van der Waals surface area contributed by atoms with Crippen molar-refractivity contribution in [2.75, 3.05) is 5.32 Å². The minimum atomic E-state index is -1.69. The van der Waals surface area contributed by atoms with Gasteiger partial charge in [0.15, 0.2) is 5.60 Å². The Kier molecular flexibility index (Phi) is 3.34. The third-order valence-electron chi connectivity index (χ3n) is 4.49. The van der Waals surface area contributed by atoms with Gasteiger partial charge in [-0.15, -0.1) is 0 Å². The number of ketones is 1. The molecule has 0 saturated heterocycles. The molecule has 0 aromatic heterocycles. The summed E-state index contributed by atoms with van der Waals surface area (Å²) in [6.07, 6.45) is 4.98. The van der Waals surface area contributed by atoms with Crippen molar-refractivity contribution >= 4 is 17.4 Å². The number of Topliss-reactive ketones (excluding diaryl/α,β-unsaturated/α-hetero) is 1. The van der Waals surface area contributed by atoms with Crippen molar-refractivity contribution in [2.45, 2.75) is 44.1 Å². The molecule has 1 saturated carbocycles. The average molecular weight is 273 g/mol. The Balaban J connectivity index is 1.82. The summed E-state index contributed by atoms with van der Waals surface area (Å²) in [7, 11) is 0. The Morgan fingerprint density at radius 3 is 2.70 bits per heavy atom. The zero-order valence-corrected chi connectivity index (χ0v) is 11.4. The van der Waals surface area contributed by atoms with Gasteiger partial charge >= 0.3 is 0 Å². The Morgan fingerprint density at radius 2 is 1.95 bits per heavy atom. The fourth-order valence-electron chi connectivity index (χ4n) is 3.30. The number of benzene rings is 1. The van der Waals surface area contributed by atoms with E-state index >= 15 is 0 Å². The topological polar surface area (TPSA) is 66.4 Å². The highest BCUT2D eigenvalue weighted by molar-refractivity contribution is 6.07. The number of hydrogen-bond donors (Lipinski definition) is 2. The van der Waals surface area contributed by atoms with Crippen molar-refractivity contribution in [3.63, 3.8) is 0 Å². The second-order valence-electron chi connectivity index (χ2n) is 5.84. The van der Waals surface area contributed by atoms with E-state index < -0.39 is 11.5 Å². The molecule has 1 atom stereocenters. The maximum atomic E-state index is 12.4. The monoisotopic (exact) mass is 273 g/mol. The van der Waals surface area contributed by atoms with Crippen molar-refractivity contribution in [1.82, 2.24) is 0 Å². The number of nitrogens with one attached hydrogen (secondary N) is 1. The number of carbonyl (C=O) groups excluding carboxylic acids is 2. The van der Waals surface area contributed by atoms with Gasteiger partial charge in [0.2, 0.25) is 0 Å². The van der Waals surface area contributed by atoms with Gasteiger partial charge in [0, 0.05) is 23.6 Å². The molecule has 0 spiro atoms. The molecule has 1 aromatic rings. The highest BCUT2D eigenvalue weighted by Crippen LogP contribution is 2.39. The first-order valence-electron chi connectivity index (χ1n) is 7.27. The number of carbonyl (C=O) groups is 2. The summed E-state index contributed by atoms with van der Waals surface area (Å²) >= 11 is 0. The zero-order valence-electron chi connectivity index (χ0n) is 11.4. The minimum Gasteiger partial charge on any atom is -0.375 e. The van der Waals surface area contributed by atoms with Gasteiger partial charge in [0.05, 0.1) is 0 Å². The predicted octanol–water partition coefficient (Wildman–Crippen LogP) is 2.37. The summed E-state index contributed by atoms with van der Waals surface area (Å²) in [6, 6.07) is 7.03. The molecule has 0 bridgehead atoms. The summed E-state index contributed by atoms with van der Waals surface area (Å²) in [4.78, 5) is 24.4. The molecule has 106 valence electrons. The second kappa shape index (κ2) is 5.02. The van der Waals surface area contributed by atoms with Crippen LogP contribution in [0.25, 0.3) is 0 Å². The van der Waals surface area contributed by atoms with Gasteiger partial charge < -0.3 is 10.4 Å². The smallest absolute Gasteiger partial charge is 0.261 e. The van der Waals surface area contributed by atoms with Gasteiger partial charge in [-0.3, -0.25) is 9.59 Å². The Labute approximate surface area is 118 Å². The first kappa shape index (κ1) is 13.3. The highest BCUT2D eigenvalue weighted by Gasteiger charge is 2.47. The fraction of sp³-hybridized carbons (Fsp3) is 0.500. The maximum Gasteiger partial charge on any atom is 0.261 e. The Bertz CT molecular complexity index is 548. The first-order valence-corrected chi connectivity index (χ1v) is 7.27. The van der Waals surface area contributed by atoms with Crippen molar-refractivity contribution in [3.05, 3.63) is 29.8 Å². The normalized spacial score (nSPS) is 26.1. The van der Waals surface area contributed by atoms with Crippen molar-refractivity contribution in [2.24, 2.45) is 5.92 Å². The number of fused-ring (bicyclic) bond motifs is 1. The molecule has 3 rings (SSSR count). The molecular formula is C16H19NO3. The van der Waals surface area contributed by atoms with E-state index in [-0.39, 0.29) is 18.1 Å². The van der Waals surface area contributed by atoms with Crippen LogP contribution in [0.1, 0.15) is 44.1 Å². The predicted molar refractivity (Wildman–Crippen MR) is 75.2 cm³/mol. The molecule has 1 aliphatic heterocycles. The molecule has 1 aromatic carbocycles. The lowest BCUT2D eigenvalue weighted by atomic mass is 9.80. The largest absolute Gasteiger partial charge is 0.375 e. The van der Waals surface area contributed by atoms with Crippen molar-refractivity contribution in [1.29, 1.82) is 0 Å². The van der Waals surface area contributed by atoms with E-state index in [1.807, 2.05) is 0 Å². The van der Waals surface area contributed by atoms with Crippen LogP contribution < -0.4 is 5.32 Å². The van der Waals surface area contributed by atoms with E-state index in [0.29, 0.717) is 11.3 Å². The fourth-order valence-corrected chi connectivity index (χ4v) is 3.30. The standard InChI is InChI=1S/C16H19NO3/c18-14(11-6-2-1-3-7-11)10-16(20)12-8-4-5-9-13(12)17-15(16)19/h4-5,8-9,11,20H,1-3,6-7,10H2,(H,17,19). The van der Waals surface area contributed by atoms with Crippen LogP contribution in [0, 0.1) is 5.92 Å². The van der Waals surface area contributed by atoms with E-state index in [0.717, 1.165) is 25.7 Å². The molecule has 1 fully saturated rings. The molecular weight excluding hydrogens is 254 g/mol. The van der Waals surface area contributed by atoms with Crippen molar-refractivity contribution < 1.29 is 14.7 Å². The lowest BCUT2D eigenvalue weighted by Crippen LogP contribution is -2.38. The number of para-hydroxylation sites is 1. The van der Waals surface area contributed by atoms with Gasteiger partial charge in [0.1, 0.15) is 5.78 Å². The third-order valence-corrected chi connectivity index (χ3v) is 4.49. The van der Waals surface area contributed by atoms with Crippen LogP contribution in [-0.2, 0) is 15.2 Å². The summed E-state index contributed by atoms with van der Waals surface area (Å²) in [5.74, 6) is -0.463. The molecule has 1 aliphatic carbocycles. The number of amides is 1. The number of anilines is 1. The summed E-state index contributed by atoms with van der Waals surface area (Å²) < 4.78 is 0. The zero-order chi connectivity index (χ0) is 14.2. The second-order valence-corrected chi connectivity index (χ2v) is 5.84. The molecule has 1 heterocycles. The van der Waals surface area contributed by atoms with Crippen molar-refractivity contribution in [3.8, 4) is 0 Å². The van der Waals surface area contributed by atoms with Gasteiger partial charge in [-0.25, -0.2) is 0 Å². The van der Waals surface area contributed by atoms with Gasteiger partial charge in [-0.2, -0.15) is 0 Å². The van der Waals surface area contributed by atoms with E-state index in [9.17, 15) is 14.7 Å². The maximum absolute atomic E-state index is 12.4. The van der Waals surface area contributed by atoms with E-state index in [2.05, 4.69) is 5.32 Å². The van der Waals surface area contributed by atoms with Crippen LogP contribution in [0.5, 0.6) is 0 Å². The SMILES string of the molecule is O=C(CC1(O)C(=O)Nc2ccccc21)C1CCCCC1. The molecule has 4 heteroatoms. The van der Waals surface area contributed by atoms with Gasteiger partial charge in [0.25, 0.3) is 5.91 Å². The highest BCUT2D eigenvalue weighted by atomic mass is 16.3. The first-order chi connectivity index (χ1) is 9.61. The van der Waals surface area contributed by atoms with Crippen LogP contribution >= 0.6 is 0 Å². The quantitative estimate of drug-likeness (QED) is 0.888. The van der Waals surface area contributed by atoms with E-state index in [1.165, 1.54) is 6.42 Å². The molecule has 4 nitrogen and oxygen atoms in total. The third kappa shape index (κ3) is 2.14. The van der Waals surface area contributed by atoms with E-state index in [1.54, 1.807) is 24.3 Å². The number of aliphatic hydroxyl groups is 1. The lowest BCUT2D eigenvalue weighted by Gasteiger charge is -2.25. The van der Waals surface area contributed by atoms with E-state index in [4.69, 9.17) is 0 Å². The molecule has 0 radical (unpaired) electrons.